The molecule has 0 amide bonds. The van der Waals surface area contributed by atoms with Crippen molar-refractivity contribution >= 4 is 17.9 Å². The maximum absolute atomic E-state index is 12.9. The van der Waals surface area contributed by atoms with Crippen LogP contribution in [0.1, 0.15) is 30.4 Å². The number of ether oxygens (including phenoxy) is 3. The van der Waals surface area contributed by atoms with Gasteiger partial charge in [-0.05, 0) is 66.8 Å². The fourth-order valence-corrected chi connectivity index (χ4v) is 3.22. The smallest absolute Gasteiger partial charge is 0.185 e. The summed E-state index contributed by atoms with van der Waals surface area (Å²) >= 11 is 0. The molecule has 2 aromatic rings. The molecule has 0 radical (unpaired) electrons. The molecule has 0 aliphatic heterocycles. The SMILES string of the molecule is COc1ccc(/C=C2\CCC/C(=C\c3ccc(OC)c(OC)c3)C2=O)cc1. The molecule has 1 aliphatic carbocycles. The molecule has 0 N–H and O–H groups in total. The van der Waals surface area contributed by atoms with E-state index in [1.807, 2.05) is 54.6 Å². The number of hydrogen-bond donors (Lipinski definition) is 0. The standard InChI is InChI=1S/C23H24O4/c1-25-20-10-7-16(8-11-20)13-18-5-4-6-19(23(18)24)14-17-9-12-21(26-2)22(15-17)27-3/h7-15H,4-6H2,1-3H3/b18-13+,19-14+. The Balaban J connectivity index is 1.85. The summed E-state index contributed by atoms with van der Waals surface area (Å²) < 4.78 is 15.8. The summed E-state index contributed by atoms with van der Waals surface area (Å²) in [4.78, 5) is 12.9. The van der Waals surface area contributed by atoms with E-state index in [1.54, 1.807) is 21.3 Å². The average molecular weight is 364 g/mol. The molecule has 1 aliphatic rings. The number of Topliss-reactive ketones (excluding diaryl/α,β-unsaturated/α-hetero) is 1. The van der Waals surface area contributed by atoms with E-state index in [0.29, 0.717) is 11.5 Å². The number of rotatable bonds is 5. The lowest BCUT2D eigenvalue weighted by molar-refractivity contribution is -0.112. The van der Waals surface area contributed by atoms with Crippen LogP contribution in [0.2, 0.25) is 0 Å². The Morgan fingerprint density at radius 2 is 1.33 bits per heavy atom. The van der Waals surface area contributed by atoms with E-state index in [-0.39, 0.29) is 5.78 Å². The van der Waals surface area contributed by atoms with Gasteiger partial charge in [-0.2, -0.15) is 0 Å². The Morgan fingerprint density at radius 1 is 0.741 bits per heavy atom. The van der Waals surface area contributed by atoms with Crippen LogP contribution < -0.4 is 14.2 Å². The molecule has 1 saturated carbocycles. The molecule has 140 valence electrons. The number of hydrogen-bond acceptors (Lipinski definition) is 4. The normalized spacial score (nSPS) is 17.2. The first-order valence-corrected chi connectivity index (χ1v) is 8.96. The second kappa shape index (κ2) is 8.58. The fourth-order valence-electron chi connectivity index (χ4n) is 3.22. The van der Waals surface area contributed by atoms with Crippen LogP contribution in [0.15, 0.2) is 53.6 Å². The average Bonchev–Trinajstić information content (AvgIpc) is 2.71. The van der Waals surface area contributed by atoms with Gasteiger partial charge in [-0.25, -0.2) is 0 Å². The van der Waals surface area contributed by atoms with Crippen molar-refractivity contribution in [2.24, 2.45) is 0 Å². The molecule has 1 fully saturated rings. The lowest BCUT2D eigenvalue weighted by atomic mass is 9.87. The van der Waals surface area contributed by atoms with Crippen LogP contribution in [-0.2, 0) is 4.79 Å². The van der Waals surface area contributed by atoms with E-state index < -0.39 is 0 Å². The van der Waals surface area contributed by atoms with Crippen LogP contribution in [0.5, 0.6) is 17.2 Å². The number of benzene rings is 2. The van der Waals surface area contributed by atoms with Crippen molar-refractivity contribution in [1.82, 2.24) is 0 Å². The van der Waals surface area contributed by atoms with Gasteiger partial charge in [0, 0.05) is 11.1 Å². The van der Waals surface area contributed by atoms with Crippen LogP contribution >= 0.6 is 0 Å². The second-order valence-electron chi connectivity index (χ2n) is 6.41. The molecule has 0 unspecified atom stereocenters. The van der Waals surface area contributed by atoms with Gasteiger partial charge in [0.15, 0.2) is 17.3 Å². The van der Waals surface area contributed by atoms with E-state index >= 15 is 0 Å². The third-order valence-corrected chi connectivity index (χ3v) is 4.68. The van der Waals surface area contributed by atoms with Crippen molar-refractivity contribution in [3.05, 3.63) is 64.7 Å². The van der Waals surface area contributed by atoms with Crippen molar-refractivity contribution in [3.63, 3.8) is 0 Å². The third-order valence-electron chi connectivity index (χ3n) is 4.68. The summed E-state index contributed by atoms with van der Waals surface area (Å²) in [5.41, 5.74) is 3.61. The number of allylic oxidation sites excluding steroid dienone is 2. The number of carbonyl (C=O) groups is 1. The summed E-state index contributed by atoms with van der Waals surface area (Å²) in [5, 5.41) is 0. The van der Waals surface area contributed by atoms with Gasteiger partial charge in [-0.3, -0.25) is 4.79 Å². The third kappa shape index (κ3) is 4.40. The Bertz CT molecular complexity index is 876. The van der Waals surface area contributed by atoms with Gasteiger partial charge in [-0.1, -0.05) is 18.2 Å². The van der Waals surface area contributed by atoms with Crippen molar-refractivity contribution < 1.29 is 19.0 Å². The first-order chi connectivity index (χ1) is 13.1. The number of methoxy groups -OCH3 is 3. The molecule has 3 rings (SSSR count). The fraction of sp³-hybridized carbons (Fsp3) is 0.261. The zero-order valence-electron chi connectivity index (χ0n) is 16.0. The van der Waals surface area contributed by atoms with Gasteiger partial charge >= 0.3 is 0 Å². The Labute approximate surface area is 160 Å². The lowest BCUT2D eigenvalue weighted by Gasteiger charge is -2.17. The second-order valence-corrected chi connectivity index (χ2v) is 6.41. The largest absolute Gasteiger partial charge is 0.497 e. The predicted molar refractivity (Wildman–Crippen MR) is 107 cm³/mol. The van der Waals surface area contributed by atoms with Crippen LogP contribution in [0.4, 0.5) is 0 Å². The molecule has 0 spiro atoms. The van der Waals surface area contributed by atoms with Crippen LogP contribution in [0, 0.1) is 0 Å². The molecule has 2 aromatic carbocycles. The zero-order valence-corrected chi connectivity index (χ0v) is 16.0. The van der Waals surface area contributed by atoms with E-state index in [2.05, 4.69) is 0 Å². The topological polar surface area (TPSA) is 44.8 Å². The molecule has 4 nitrogen and oxygen atoms in total. The molecule has 4 heteroatoms. The highest BCUT2D eigenvalue weighted by atomic mass is 16.5. The van der Waals surface area contributed by atoms with Gasteiger partial charge in [0.1, 0.15) is 5.75 Å². The van der Waals surface area contributed by atoms with Crippen molar-refractivity contribution in [1.29, 1.82) is 0 Å². The summed E-state index contributed by atoms with van der Waals surface area (Å²) in [6.45, 7) is 0. The highest BCUT2D eigenvalue weighted by Gasteiger charge is 2.20. The van der Waals surface area contributed by atoms with Gasteiger partial charge in [-0.15, -0.1) is 0 Å². The Hall–Kier alpha value is -3.01. The maximum atomic E-state index is 12.9. The molecule has 0 bridgehead atoms. The zero-order chi connectivity index (χ0) is 19.2. The predicted octanol–water partition coefficient (Wildman–Crippen LogP) is 4.93. The lowest BCUT2D eigenvalue weighted by Crippen LogP contribution is -2.12. The van der Waals surface area contributed by atoms with E-state index in [9.17, 15) is 4.79 Å². The van der Waals surface area contributed by atoms with E-state index in [4.69, 9.17) is 14.2 Å². The van der Waals surface area contributed by atoms with Crippen molar-refractivity contribution in [3.8, 4) is 17.2 Å². The Morgan fingerprint density at radius 3 is 1.93 bits per heavy atom. The van der Waals surface area contributed by atoms with Crippen molar-refractivity contribution in [2.75, 3.05) is 21.3 Å². The molecular formula is C23H24O4. The molecule has 0 atom stereocenters. The summed E-state index contributed by atoms with van der Waals surface area (Å²) in [7, 11) is 4.86. The minimum absolute atomic E-state index is 0.117. The van der Waals surface area contributed by atoms with E-state index in [1.165, 1.54) is 0 Å². The van der Waals surface area contributed by atoms with Gasteiger partial charge in [0.25, 0.3) is 0 Å². The summed E-state index contributed by atoms with van der Waals surface area (Å²) in [5.74, 6) is 2.26. The highest BCUT2D eigenvalue weighted by Crippen LogP contribution is 2.31. The van der Waals surface area contributed by atoms with Crippen LogP contribution in [-0.4, -0.2) is 27.1 Å². The highest BCUT2D eigenvalue weighted by molar-refractivity contribution is 6.14. The molecule has 0 saturated heterocycles. The first-order valence-electron chi connectivity index (χ1n) is 8.96. The van der Waals surface area contributed by atoms with E-state index in [0.717, 1.165) is 47.3 Å². The minimum atomic E-state index is 0.117. The quantitative estimate of drug-likeness (QED) is 0.706. The molecule has 0 heterocycles. The molecular weight excluding hydrogens is 340 g/mol. The molecule has 0 aromatic heterocycles. The maximum Gasteiger partial charge on any atom is 0.185 e. The first kappa shape index (κ1) is 18.8. The van der Waals surface area contributed by atoms with Gasteiger partial charge in [0.05, 0.1) is 21.3 Å². The summed E-state index contributed by atoms with van der Waals surface area (Å²) in [6.07, 6.45) is 6.48. The Kier molecular flexibility index (Phi) is 5.97. The minimum Gasteiger partial charge on any atom is -0.497 e. The number of ketones is 1. The van der Waals surface area contributed by atoms with Gasteiger partial charge in [0.2, 0.25) is 0 Å². The van der Waals surface area contributed by atoms with Crippen molar-refractivity contribution in [2.45, 2.75) is 19.3 Å². The monoisotopic (exact) mass is 364 g/mol. The van der Waals surface area contributed by atoms with Crippen LogP contribution in [0.3, 0.4) is 0 Å². The number of carbonyl (C=O) groups excluding carboxylic acids is 1. The molecule has 27 heavy (non-hydrogen) atoms. The summed E-state index contributed by atoms with van der Waals surface area (Å²) in [6, 6.07) is 13.4. The van der Waals surface area contributed by atoms with Crippen LogP contribution in [0.25, 0.3) is 12.2 Å². The van der Waals surface area contributed by atoms with Gasteiger partial charge < -0.3 is 14.2 Å².